The zero-order chi connectivity index (χ0) is 15.6. The van der Waals surface area contributed by atoms with E-state index in [0.29, 0.717) is 28.2 Å². The number of aryl methyl sites for hydroxylation is 2. The molecule has 2 aromatic rings. The fourth-order valence-corrected chi connectivity index (χ4v) is 2.09. The number of carbonyl (C=O) groups excluding carboxylic acids is 2. The van der Waals surface area contributed by atoms with Gasteiger partial charge < -0.3 is 5.32 Å². The number of aromatic nitrogens is 2. The summed E-state index contributed by atoms with van der Waals surface area (Å²) < 4.78 is 1.58. The topological polar surface area (TPSA) is 64.0 Å². The Balaban J connectivity index is 2.24. The van der Waals surface area contributed by atoms with E-state index in [1.54, 1.807) is 49.8 Å². The highest BCUT2D eigenvalue weighted by Gasteiger charge is 2.23. The molecule has 0 aliphatic heterocycles. The number of benzene rings is 1. The van der Waals surface area contributed by atoms with Gasteiger partial charge in [0.2, 0.25) is 0 Å². The van der Waals surface area contributed by atoms with Gasteiger partial charge in [-0.25, -0.2) is 0 Å². The van der Waals surface area contributed by atoms with Crippen molar-refractivity contribution < 1.29 is 9.59 Å². The highest BCUT2D eigenvalue weighted by molar-refractivity contribution is 6.47. The van der Waals surface area contributed by atoms with E-state index in [4.69, 9.17) is 6.42 Å². The molecule has 0 saturated heterocycles. The third-order valence-electron chi connectivity index (χ3n) is 3.23. The van der Waals surface area contributed by atoms with Gasteiger partial charge >= 0.3 is 0 Å². The number of carbonyl (C=O) groups is 2. The molecule has 5 nitrogen and oxygen atoms in total. The first-order valence-corrected chi connectivity index (χ1v) is 6.36. The Labute approximate surface area is 123 Å². The maximum absolute atomic E-state index is 12.3. The zero-order valence-corrected chi connectivity index (χ0v) is 12.1. The van der Waals surface area contributed by atoms with Crippen LogP contribution in [0.5, 0.6) is 0 Å². The average molecular weight is 281 g/mol. The molecule has 5 heteroatoms. The maximum atomic E-state index is 12.3. The normalized spacial score (nSPS) is 10.0. The van der Waals surface area contributed by atoms with Gasteiger partial charge in [0.25, 0.3) is 11.7 Å². The van der Waals surface area contributed by atoms with Crippen molar-refractivity contribution in [2.45, 2.75) is 13.8 Å². The standard InChI is InChI=1S/C16H15N3O2/c1-5-12-7-6-8-13(9-12)17-16(21)15(20)14-10(2)18-19(4)11(14)3/h1,6-9H,2-4H3,(H,17,21). The fourth-order valence-electron chi connectivity index (χ4n) is 2.09. The third-order valence-corrected chi connectivity index (χ3v) is 3.23. The van der Waals surface area contributed by atoms with Crippen molar-refractivity contribution in [2.75, 3.05) is 5.32 Å². The minimum absolute atomic E-state index is 0.336. The third kappa shape index (κ3) is 2.84. The number of nitrogens with zero attached hydrogens (tertiary/aromatic N) is 2. The van der Waals surface area contributed by atoms with Crippen LogP contribution >= 0.6 is 0 Å². The highest BCUT2D eigenvalue weighted by atomic mass is 16.2. The second-order valence-corrected chi connectivity index (χ2v) is 4.68. The molecular weight excluding hydrogens is 266 g/mol. The Morgan fingerprint density at radius 2 is 2.05 bits per heavy atom. The number of hydrogen-bond acceptors (Lipinski definition) is 3. The largest absolute Gasteiger partial charge is 0.319 e. The molecule has 0 fully saturated rings. The van der Waals surface area contributed by atoms with E-state index < -0.39 is 11.7 Å². The Bertz CT molecular complexity index is 766. The van der Waals surface area contributed by atoms with Crippen LogP contribution < -0.4 is 5.32 Å². The summed E-state index contributed by atoms with van der Waals surface area (Å²) >= 11 is 0. The van der Waals surface area contributed by atoms with Crippen LogP contribution in [0.1, 0.15) is 27.3 Å². The second kappa shape index (κ2) is 5.63. The zero-order valence-electron chi connectivity index (χ0n) is 12.1. The lowest BCUT2D eigenvalue weighted by molar-refractivity contribution is -0.112. The molecule has 2 rings (SSSR count). The van der Waals surface area contributed by atoms with E-state index in [1.807, 2.05) is 0 Å². The Hall–Kier alpha value is -2.87. The summed E-state index contributed by atoms with van der Waals surface area (Å²) in [5, 5.41) is 6.70. The number of rotatable bonds is 3. The van der Waals surface area contributed by atoms with Crippen LogP contribution in [0.2, 0.25) is 0 Å². The van der Waals surface area contributed by atoms with Crippen molar-refractivity contribution in [2.24, 2.45) is 7.05 Å². The fraction of sp³-hybridized carbons (Fsp3) is 0.188. The Morgan fingerprint density at radius 3 is 2.62 bits per heavy atom. The summed E-state index contributed by atoms with van der Waals surface area (Å²) in [4.78, 5) is 24.3. The van der Waals surface area contributed by atoms with Crippen LogP contribution in [0.15, 0.2) is 24.3 Å². The molecular formula is C16H15N3O2. The molecule has 1 aromatic carbocycles. The average Bonchev–Trinajstić information content (AvgIpc) is 2.71. The first-order chi connectivity index (χ1) is 9.93. The molecule has 1 N–H and O–H groups in total. The number of amides is 1. The van der Waals surface area contributed by atoms with Crippen molar-refractivity contribution >= 4 is 17.4 Å². The van der Waals surface area contributed by atoms with E-state index in [2.05, 4.69) is 16.3 Å². The van der Waals surface area contributed by atoms with Crippen molar-refractivity contribution in [1.29, 1.82) is 0 Å². The number of ketones is 1. The quantitative estimate of drug-likeness (QED) is 0.530. The minimum atomic E-state index is -0.705. The molecule has 0 atom stereocenters. The highest BCUT2D eigenvalue weighted by Crippen LogP contribution is 2.15. The number of nitrogens with one attached hydrogen (secondary N) is 1. The van der Waals surface area contributed by atoms with Gasteiger partial charge in [0.1, 0.15) is 0 Å². The molecule has 0 aliphatic rings. The van der Waals surface area contributed by atoms with Gasteiger partial charge in [0, 0.05) is 24.0 Å². The van der Waals surface area contributed by atoms with E-state index in [0.717, 1.165) is 0 Å². The molecule has 1 aromatic heterocycles. The molecule has 0 aliphatic carbocycles. The Kier molecular flexibility index (Phi) is 3.90. The summed E-state index contributed by atoms with van der Waals surface area (Å²) in [6, 6.07) is 6.77. The molecule has 0 bridgehead atoms. The van der Waals surface area contributed by atoms with Crippen molar-refractivity contribution in [3.63, 3.8) is 0 Å². The van der Waals surface area contributed by atoms with Gasteiger partial charge in [-0.3, -0.25) is 14.3 Å². The summed E-state index contributed by atoms with van der Waals surface area (Å²) in [7, 11) is 1.73. The summed E-state index contributed by atoms with van der Waals surface area (Å²) in [6.45, 7) is 3.45. The van der Waals surface area contributed by atoms with Gasteiger partial charge in [0.05, 0.1) is 11.3 Å². The number of hydrogen-bond donors (Lipinski definition) is 1. The molecule has 0 spiro atoms. The summed E-state index contributed by atoms with van der Waals surface area (Å²) in [6.07, 6.45) is 5.30. The van der Waals surface area contributed by atoms with Gasteiger partial charge in [-0.1, -0.05) is 12.0 Å². The molecule has 21 heavy (non-hydrogen) atoms. The lowest BCUT2D eigenvalue weighted by Crippen LogP contribution is -2.24. The Morgan fingerprint density at radius 1 is 1.33 bits per heavy atom. The van der Waals surface area contributed by atoms with E-state index >= 15 is 0 Å². The monoisotopic (exact) mass is 281 g/mol. The molecule has 1 amide bonds. The lowest BCUT2D eigenvalue weighted by atomic mass is 10.1. The van der Waals surface area contributed by atoms with Crippen LogP contribution in [0, 0.1) is 26.2 Å². The van der Waals surface area contributed by atoms with Crippen molar-refractivity contribution in [3.8, 4) is 12.3 Å². The number of Topliss-reactive ketones (excluding diaryl/α,β-unsaturated/α-hetero) is 1. The molecule has 0 saturated carbocycles. The number of anilines is 1. The predicted molar refractivity (Wildman–Crippen MR) is 80.0 cm³/mol. The van der Waals surface area contributed by atoms with Crippen LogP contribution in [-0.4, -0.2) is 21.5 Å². The SMILES string of the molecule is C#Cc1cccc(NC(=O)C(=O)c2c(C)nn(C)c2C)c1. The lowest BCUT2D eigenvalue weighted by Gasteiger charge is -2.05. The van der Waals surface area contributed by atoms with Gasteiger partial charge in [-0.2, -0.15) is 5.10 Å². The van der Waals surface area contributed by atoms with Crippen molar-refractivity contribution in [1.82, 2.24) is 9.78 Å². The second-order valence-electron chi connectivity index (χ2n) is 4.68. The van der Waals surface area contributed by atoms with Crippen LogP contribution in [0.25, 0.3) is 0 Å². The van der Waals surface area contributed by atoms with Crippen LogP contribution in [0.4, 0.5) is 5.69 Å². The predicted octanol–water partition coefficient (Wildman–Crippen LogP) is 1.84. The van der Waals surface area contributed by atoms with Gasteiger partial charge in [-0.15, -0.1) is 6.42 Å². The summed E-state index contributed by atoms with van der Waals surface area (Å²) in [5.74, 6) is 1.16. The molecule has 106 valence electrons. The smallest absolute Gasteiger partial charge is 0.296 e. The summed E-state index contributed by atoms with van der Waals surface area (Å²) in [5.41, 5.74) is 2.65. The van der Waals surface area contributed by atoms with Gasteiger partial charge in [-0.05, 0) is 32.0 Å². The minimum Gasteiger partial charge on any atom is -0.319 e. The first-order valence-electron chi connectivity index (χ1n) is 6.36. The van der Waals surface area contributed by atoms with Crippen LogP contribution in [-0.2, 0) is 11.8 Å². The first kappa shape index (κ1) is 14.5. The molecule has 0 radical (unpaired) electrons. The van der Waals surface area contributed by atoms with E-state index in [-0.39, 0.29) is 0 Å². The maximum Gasteiger partial charge on any atom is 0.296 e. The van der Waals surface area contributed by atoms with Crippen LogP contribution in [0.3, 0.4) is 0 Å². The van der Waals surface area contributed by atoms with E-state index in [1.165, 1.54) is 0 Å². The molecule has 1 heterocycles. The van der Waals surface area contributed by atoms with Crippen molar-refractivity contribution in [3.05, 3.63) is 46.8 Å². The number of terminal acetylenes is 1. The van der Waals surface area contributed by atoms with Gasteiger partial charge in [0.15, 0.2) is 0 Å². The van der Waals surface area contributed by atoms with E-state index in [9.17, 15) is 9.59 Å². The molecule has 0 unspecified atom stereocenters.